The van der Waals surface area contributed by atoms with Crippen molar-refractivity contribution in [2.24, 2.45) is 0 Å². The third-order valence-electron chi connectivity index (χ3n) is 4.21. The van der Waals surface area contributed by atoms with E-state index in [1.54, 1.807) is 13.0 Å². The Morgan fingerprint density at radius 3 is 2.71 bits per heavy atom. The number of ether oxygens (including phenoxy) is 2. The van der Waals surface area contributed by atoms with Gasteiger partial charge in [-0.15, -0.1) is 11.3 Å². The van der Waals surface area contributed by atoms with Gasteiger partial charge in [-0.05, 0) is 66.2 Å². The molecule has 1 heterocycles. The molecule has 0 unspecified atom stereocenters. The lowest BCUT2D eigenvalue weighted by Gasteiger charge is -2.13. The molecule has 0 aliphatic heterocycles. The maximum absolute atomic E-state index is 12.5. The summed E-state index contributed by atoms with van der Waals surface area (Å²) in [5.41, 5.74) is 1.47. The molecule has 0 fully saturated rings. The van der Waals surface area contributed by atoms with Crippen LogP contribution in [0.4, 0.5) is 5.00 Å². The number of amides is 1. The third kappa shape index (κ3) is 4.82. The fourth-order valence-electron chi connectivity index (χ4n) is 3.04. The minimum atomic E-state index is -0.401. The van der Waals surface area contributed by atoms with E-state index in [4.69, 9.17) is 32.7 Å². The molecule has 1 aromatic heterocycles. The Hall–Kier alpha value is -1.28. The number of hydrogen-bond donors (Lipinski definition) is 1. The summed E-state index contributed by atoms with van der Waals surface area (Å²) < 4.78 is 11.3. The van der Waals surface area contributed by atoms with Crippen LogP contribution >= 0.6 is 50.5 Å². The first-order valence-corrected chi connectivity index (χ1v) is 11.2. The Morgan fingerprint density at radius 2 is 2.00 bits per heavy atom. The van der Waals surface area contributed by atoms with Gasteiger partial charge in [-0.1, -0.05) is 23.2 Å². The predicted molar refractivity (Wildman–Crippen MR) is 115 cm³/mol. The van der Waals surface area contributed by atoms with Crippen LogP contribution in [0.5, 0.6) is 5.75 Å². The second-order valence-corrected chi connectivity index (χ2v) is 8.97. The molecule has 2 aromatic rings. The van der Waals surface area contributed by atoms with Crippen LogP contribution in [0.15, 0.2) is 16.6 Å². The number of benzene rings is 1. The number of carbonyl (C=O) groups is 2. The van der Waals surface area contributed by atoms with Crippen molar-refractivity contribution in [3.8, 4) is 5.75 Å². The average molecular weight is 507 g/mol. The molecule has 0 saturated carbocycles. The molecule has 1 aliphatic rings. The number of esters is 1. The van der Waals surface area contributed by atoms with E-state index in [1.165, 1.54) is 17.4 Å². The highest BCUT2D eigenvalue weighted by Gasteiger charge is 2.27. The summed E-state index contributed by atoms with van der Waals surface area (Å²) in [6.07, 6.45) is 3.83. The van der Waals surface area contributed by atoms with Crippen molar-refractivity contribution in [2.45, 2.75) is 32.6 Å². The predicted octanol–water partition coefficient (Wildman–Crippen LogP) is 5.89. The molecule has 0 radical (unpaired) electrons. The quantitative estimate of drug-likeness (QED) is 0.496. The molecule has 5 nitrogen and oxygen atoms in total. The summed E-state index contributed by atoms with van der Waals surface area (Å²) in [6.45, 7) is 1.78. The Balaban J connectivity index is 1.75. The Morgan fingerprint density at radius 1 is 1.25 bits per heavy atom. The second kappa shape index (κ2) is 9.48. The Kier molecular flexibility index (Phi) is 7.25. The maximum atomic E-state index is 12.5. The summed E-state index contributed by atoms with van der Waals surface area (Å²) in [4.78, 5) is 26.0. The van der Waals surface area contributed by atoms with Gasteiger partial charge < -0.3 is 14.8 Å². The number of hydrogen-bond acceptors (Lipinski definition) is 5. The zero-order valence-electron chi connectivity index (χ0n) is 15.1. The monoisotopic (exact) mass is 505 g/mol. The summed E-state index contributed by atoms with van der Waals surface area (Å²) in [5.74, 6) is -0.457. The zero-order valence-corrected chi connectivity index (χ0v) is 19.0. The van der Waals surface area contributed by atoms with E-state index in [-0.39, 0.29) is 19.1 Å². The number of aryl methyl sites for hydroxylation is 1. The lowest BCUT2D eigenvalue weighted by molar-refractivity contribution is -0.118. The molecule has 9 heteroatoms. The molecule has 0 atom stereocenters. The van der Waals surface area contributed by atoms with Crippen LogP contribution in [0, 0.1) is 0 Å². The van der Waals surface area contributed by atoms with Gasteiger partial charge in [0, 0.05) is 9.90 Å². The Bertz CT molecular complexity index is 893. The smallest absolute Gasteiger partial charge is 0.341 e. The maximum Gasteiger partial charge on any atom is 0.341 e. The van der Waals surface area contributed by atoms with Crippen LogP contribution < -0.4 is 10.1 Å². The van der Waals surface area contributed by atoms with Crippen LogP contribution in [0.25, 0.3) is 0 Å². The number of carbonyl (C=O) groups excluding carboxylic acids is 2. The van der Waals surface area contributed by atoms with Gasteiger partial charge in [0.1, 0.15) is 5.00 Å². The minimum absolute atomic E-state index is 0.259. The lowest BCUT2D eigenvalue weighted by atomic mass is 9.95. The van der Waals surface area contributed by atoms with E-state index in [1.807, 2.05) is 0 Å². The first kappa shape index (κ1) is 21.4. The first-order valence-electron chi connectivity index (χ1n) is 8.79. The topological polar surface area (TPSA) is 64.6 Å². The molecule has 0 saturated heterocycles. The van der Waals surface area contributed by atoms with Crippen LogP contribution in [0.2, 0.25) is 10.0 Å². The molecule has 1 aliphatic carbocycles. The van der Waals surface area contributed by atoms with Crippen molar-refractivity contribution >= 4 is 67.3 Å². The van der Waals surface area contributed by atoms with Gasteiger partial charge in [-0.25, -0.2) is 4.79 Å². The highest BCUT2D eigenvalue weighted by Crippen LogP contribution is 2.39. The average Bonchev–Trinajstić information content (AvgIpc) is 2.98. The van der Waals surface area contributed by atoms with Crippen molar-refractivity contribution in [3.05, 3.63) is 42.7 Å². The molecule has 0 bridgehead atoms. The summed E-state index contributed by atoms with van der Waals surface area (Å²) in [7, 11) is 0. The van der Waals surface area contributed by atoms with Gasteiger partial charge in [-0.2, -0.15) is 0 Å². The second-order valence-electron chi connectivity index (χ2n) is 6.17. The molecular formula is C19H18BrCl2NO4S. The highest BCUT2D eigenvalue weighted by atomic mass is 79.9. The number of anilines is 1. The summed E-state index contributed by atoms with van der Waals surface area (Å²) in [5, 5.41) is 4.06. The van der Waals surface area contributed by atoms with Crippen molar-refractivity contribution in [3.63, 3.8) is 0 Å². The highest BCUT2D eigenvalue weighted by molar-refractivity contribution is 9.10. The number of nitrogens with one attached hydrogen (secondary N) is 1. The van der Waals surface area contributed by atoms with E-state index < -0.39 is 5.97 Å². The van der Waals surface area contributed by atoms with Gasteiger partial charge in [0.2, 0.25) is 0 Å². The fraction of sp³-hybridized carbons (Fsp3) is 0.368. The van der Waals surface area contributed by atoms with Crippen LogP contribution in [0.3, 0.4) is 0 Å². The number of fused-ring (bicyclic) bond motifs is 1. The Labute approximate surface area is 185 Å². The van der Waals surface area contributed by atoms with E-state index in [0.29, 0.717) is 30.8 Å². The van der Waals surface area contributed by atoms with Crippen LogP contribution in [-0.2, 0) is 22.4 Å². The van der Waals surface area contributed by atoms with Crippen LogP contribution in [-0.4, -0.2) is 25.1 Å². The molecule has 1 aromatic carbocycles. The normalized spacial score (nSPS) is 13.0. The number of halogens is 3. The molecule has 1 N–H and O–H groups in total. The zero-order chi connectivity index (χ0) is 20.3. The number of thiophene rings is 1. The third-order valence-corrected chi connectivity index (χ3v) is 6.51. The summed E-state index contributed by atoms with van der Waals surface area (Å²) in [6, 6.07) is 3.17. The minimum Gasteiger partial charge on any atom is -0.481 e. The van der Waals surface area contributed by atoms with E-state index in [0.717, 1.165) is 36.1 Å². The van der Waals surface area contributed by atoms with Gasteiger partial charge >= 0.3 is 5.97 Å². The standard InChI is InChI=1S/C19H18BrCl2NO4S/c1-2-26-19(25)16-11-5-3-4-6-14(11)28-18(16)23-15(24)9-27-17-12(20)7-10(21)8-13(17)22/h7-8H,2-6,9H2,1H3,(H,23,24). The van der Waals surface area contributed by atoms with Crippen molar-refractivity contribution in [2.75, 3.05) is 18.5 Å². The van der Waals surface area contributed by atoms with Gasteiger partial charge in [0.15, 0.2) is 12.4 Å². The molecule has 0 spiro atoms. The van der Waals surface area contributed by atoms with E-state index >= 15 is 0 Å². The molecule has 3 rings (SSSR count). The van der Waals surface area contributed by atoms with Crippen molar-refractivity contribution < 1.29 is 19.1 Å². The summed E-state index contributed by atoms with van der Waals surface area (Å²) >= 11 is 16.8. The lowest BCUT2D eigenvalue weighted by Crippen LogP contribution is -2.21. The SMILES string of the molecule is CCOC(=O)c1c(NC(=O)COc2c(Cl)cc(Cl)cc2Br)sc2c1CCCC2. The van der Waals surface area contributed by atoms with Gasteiger partial charge in [-0.3, -0.25) is 4.79 Å². The largest absolute Gasteiger partial charge is 0.481 e. The fourth-order valence-corrected chi connectivity index (χ4v) is 5.70. The molecule has 150 valence electrons. The molecular weight excluding hydrogens is 489 g/mol. The van der Waals surface area contributed by atoms with E-state index in [9.17, 15) is 9.59 Å². The van der Waals surface area contributed by atoms with Crippen molar-refractivity contribution in [1.82, 2.24) is 0 Å². The molecule has 1 amide bonds. The van der Waals surface area contributed by atoms with Crippen molar-refractivity contribution in [1.29, 1.82) is 0 Å². The van der Waals surface area contributed by atoms with Gasteiger partial charge in [0.25, 0.3) is 5.91 Å². The van der Waals surface area contributed by atoms with Gasteiger partial charge in [0.05, 0.1) is 21.7 Å². The first-order chi connectivity index (χ1) is 13.4. The molecule has 28 heavy (non-hydrogen) atoms. The van der Waals surface area contributed by atoms with Crippen LogP contribution in [0.1, 0.15) is 40.6 Å². The van der Waals surface area contributed by atoms with E-state index in [2.05, 4.69) is 21.2 Å². The number of rotatable bonds is 6.